The van der Waals surface area contributed by atoms with Crippen molar-refractivity contribution >= 4 is 17.5 Å². The van der Waals surface area contributed by atoms with E-state index >= 15 is 0 Å². The molecule has 6 heteroatoms. The molecule has 1 aliphatic heterocycles. The smallest absolute Gasteiger partial charge is 0.254 e. The molecular formula is C17H21ClN4O. The van der Waals surface area contributed by atoms with Crippen molar-refractivity contribution in [2.45, 2.75) is 6.54 Å². The topological polar surface area (TPSA) is 66.0 Å². The van der Waals surface area contributed by atoms with Gasteiger partial charge in [-0.2, -0.15) is 0 Å². The largest absolute Gasteiger partial charge is 0.348 e. The molecule has 1 amide bonds. The summed E-state index contributed by atoms with van der Waals surface area (Å²) in [7, 11) is 0. The molecule has 122 valence electrons. The zero-order valence-electron chi connectivity index (χ0n) is 12.9. The number of nitrogens with one attached hydrogen (secondary N) is 3. The highest BCUT2D eigenvalue weighted by Crippen LogP contribution is 2.11. The maximum atomic E-state index is 11.8. The van der Waals surface area contributed by atoms with Crippen LogP contribution in [0.25, 0.3) is 0 Å². The molecule has 0 saturated carbocycles. The zero-order chi connectivity index (χ0) is 16.3. The molecule has 1 saturated heterocycles. The van der Waals surface area contributed by atoms with Crippen LogP contribution in [0, 0.1) is 0 Å². The monoisotopic (exact) mass is 332 g/mol. The van der Waals surface area contributed by atoms with Crippen molar-refractivity contribution in [3.8, 4) is 0 Å². The van der Waals surface area contributed by atoms with Crippen LogP contribution < -0.4 is 16.0 Å². The zero-order valence-corrected chi connectivity index (χ0v) is 13.6. The highest BCUT2D eigenvalue weighted by Gasteiger charge is 2.09. The molecule has 1 aromatic carbocycles. The fraction of sp³-hybridized carbons (Fsp3) is 0.294. The summed E-state index contributed by atoms with van der Waals surface area (Å²) in [5, 5.41) is 9.46. The van der Waals surface area contributed by atoms with Crippen LogP contribution in [0.5, 0.6) is 0 Å². The van der Waals surface area contributed by atoms with Gasteiger partial charge in [-0.15, -0.1) is 0 Å². The van der Waals surface area contributed by atoms with Gasteiger partial charge in [0.05, 0.1) is 5.56 Å². The molecule has 0 atom stereocenters. The van der Waals surface area contributed by atoms with E-state index < -0.39 is 0 Å². The standard InChI is InChI=1S/C13H11ClN2O.C4H10N2/c14-12-11(7-4-8-15-12)13(17)16-9-10-5-2-1-3-6-10;1-2-6-4-3-5-1/h1-8H,9H2,(H,16,17);5-6H,1-4H2. The van der Waals surface area contributed by atoms with E-state index in [4.69, 9.17) is 11.6 Å². The summed E-state index contributed by atoms with van der Waals surface area (Å²) >= 11 is 5.83. The minimum atomic E-state index is -0.216. The molecule has 0 bridgehead atoms. The van der Waals surface area contributed by atoms with Gasteiger partial charge in [0.2, 0.25) is 0 Å². The SMILES string of the molecule is C1CNCCN1.O=C(NCc1ccccc1)c1cccnc1Cl. The molecule has 0 radical (unpaired) electrons. The fourth-order valence-corrected chi connectivity index (χ4v) is 2.24. The Balaban J connectivity index is 0.000000268. The normalized spacial score (nSPS) is 13.6. The van der Waals surface area contributed by atoms with Crippen molar-refractivity contribution in [1.82, 2.24) is 20.9 Å². The Hall–Kier alpha value is -1.95. The third-order valence-electron chi connectivity index (χ3n) is 3.26. The summed E-state index contributed by atoms with van der Waals surface area (Å²) in [5.74, 6) is -0.216. The van der Waals surface area contributed by atoms with Crippen LogP contribution in [-0.2, 0) is 6.54 Å². The molecule has 23 heavy (non-hydrogen) atoms. The number of benzene rings is 1. The molecule has 3 rings (SSSR count). The Kier molecular flexibility index (Phi) is 7.52. The molecule has 2 heterocycles. The van der Waals surface area contributed by atoms with Gasteiger partial charge in [-0.05, 0) is 17.7 Å². The van der Waals surface area contributed by atoms with E-state index in [0.29, 0.717) is 12.1 Å². The maximum Gasteiger partial charge on any atom is 0.254 e. The number of rotatable bonds is 3. The maximum absolute atomic E-state index is 11.8. The van der Waals surface area contributed by atoms with Gasteiger partial charge < -0.3 is 16.0 Å². The summed E-state index contributed by atoms with van der Waals surface area (Å²) in [6.07, 6.45) is 1.55. The van der Waals surface area contributed by atoms with E-state index in [2.05, 4.69) is 20.9 Å². The summed E-state index contributed by atoms with van der Waals surface area (Å²) < 4.78 is 0. The predicted molar refractivity (Wildman–Crippen MR) is 92.6 cm³/mol. The highest BCUT2D eigenvalue weighted by atomic mass is 35.5. The first-order valence-corrected chi connectivity index (χ1v) is 7.99. The van der Waals surface area contributed by atoms with Gasteiger partial charge in [0.1, 0.15) is 5.15 Å². The van der Waals surface area contributed by atoms with Gasteiger partial charge in [-0.3, -0.25) is 4.79 Å². The molecular weight excluding hydrogens is 312 g/mol. The van der Waals surface area contributed by atoms with Crippen LogP contribution in [0.4, 0.5) is 0 Å². The summed E-state index contributed by atoms with van der Waals surface area (Å²) in [5.41, 5.74) is 1.44. The van der Waals surface area contributed by atoms with Crippen molar-refractivity contribution in [3.63, 3.8) is 0 Å². The minimum Gasteiger partial charge on any atom is -0.348 e. The molecule has 5 nitrogen and oxygen atoms in total. The molecule has 0 spiro atoms. The summed E-state index contributed by atoms with van der Waals surface area (Å²) in [6.45, 7) is 5.03. The molecule has 1 aliphatic rings. The van der Waals surface area contributed by atoms with Crippen LogP contribution in [-0.4, -0.2) is 37.1 Å². The first-order chi connectivity index (χ1) is 11.3. The number of halogens is 1. The van der Waals surface area contributed by atoms with Crippen LogP contribution in [0.2, 0.25) is 5.15 Å². The molecule has 1 fully saturated rings. The van der Waals surface area contributed by atoms with E-state index in [1.54, 1.807) is 18.3 Å². The van der Waals surface area contributed by atoms with E-state index in [-0.39, 0.29) is 11.1 Å². The molecule has 1 aromatic heterocycles. The van der Waals surface area contributed by atoms with Gasteiger partial charge in [0.15, 0.2) is 0 Å². The number of piperazine rings is 1. The Morgan fingerprint density at radius 1 is 1.04 bits per heavy atom. The number of hydrogen-bond donors (Lipinski definition) is 3. The third-order valence-corrected chi connectivity index (χ3v) is 3.56. The first kappa shape index (κ1) is 17.4. The number of carbonyl (C=O) groups excluding carboxylic acids is 1. The Morgan fingerprint density at radius 3 is 2.26 bits per heavy atom. The second-order valence-electron chi connectivity index (χ2n) is 5.01. The van der Waals surface area contributed by atoms with Crippen LogP contribution in [0.1, 0.15) is 15.9 Å². The van der Waals surface area contributed by atoms with Crippen molar-refractivity contribution in [1.29, 1.82) is 0 Å². The van der Waals surface area contributed by atoms with Gasteiger partial charge in [0.25, 0.3) is 5.91 Å². The van der Waals surface area contributed by atoms with Gasteiger partial charge in [-0.1, -0.05) is 41.9 Å². The number of carbonyl (C=O) groups is 1. The fourth-order valence-electron chi connectivity index (χ4n) is 2.03. The van der Waals surface area contributed by atoms with Crippen LogP contribution in [0.15, 0.2) is 48.7 Å². The van der Waals surface area contributed by atoms with E-state index in [0.717, 1.165) is 31.7 Å². The number of hydrogen-bond acceptors (Lipinski definition) is 4. The van der Waals surface area contributed by atoms with Crippen LogP contribution in [0.3, 0.4) is 0 Å². The quantitative estimate of drug-likeness (QED) is 0.750. The lowest BCUT2D eigenvalue weighted by Crippen LogP contribution is -2.39. The summed E-state index contributed by atoms with van der Waals surface area (Å²) in [4.78, 5) is 15.7. The van der Waals surface area contributed by atoms with Crippen molar-refractivity contribution in [3.05, 3.63) is 64.9 Å². The Labute approximate surface area is 141 Å². The summed E-state index contributed by atoms with van der Waals surface area (Å²) in [6, 6.07) is 13.0. The van der Waals surface area contributed by atoms with E-state index in [1.807, 2.05) is 30.3 Å². The Morgan fingerprint density at radius 2 is 1.70 bits per heavy atom. The molecule has 0 unspecified atom stereocenters. The lowest BCUT2D eigenvalue weighted by atomic mass is 10.2. The van der Waals surface area contributed by atoms with Crippen molar-refractivity contribution in [2.75, 3.05) is 26.2 Å². The van der Waals surface area contributed by atoms with Crippen molar-refractivity contribution < 1.29 is 4.79 Å². The first-order valence-electron chi connectivity index (χ1n) is 7.61. The number of nitrogens with zero attached hydrogens (tertiary/aromatic N) is 1. The second kappa shape index (κ2) is 9.94. The van der Waals surface area contributed by atoms with Gasteiger partial charge in [0, 0.05) is 38.9 Å². The van der Waals surface area contributed by atoms with E-state index in [9.17, 15) is 4.79 Å². The Bertz CT molecular complexity index is 591. The highest BCUT2D eigenvalue weighted by molar-refractivity contribution is 6.32. The predicted octanol–water partition coefficient (Wildman–Crippen LogP) is 1.84. The van der Waals surface area contributed by atoms with Gasteiger partial charge >= 0.3 is 0 Å². The molecule has 0 aliphatic carbocycles. The molecule has 3 N–H and O–H groups in total. The lowest BCUT2D eigenvalue weighted by Gasteiger charge is -2.11. The second-order valence-corrected chi connectivity index (χ2v) is 5.37. The average Bonchev–Trinajstić information content (AvgIpc) is 2.63. The number of amides is 1. The van der Waals surface area contributed by atoms with Crippen molar-refractivity contribution in [2.24, 2.45) is 0 Å². The van der Waals surface area contributed by atoms with E-state index in [1.165, 1.54) is 0 Å². The minimum absolute atomic E-state index is 0.216. The van der Waals surface area contributed by atoms with Gasteiger partial charge in [-0.25, -0.2) is 4.98 Å². The van der Waals surface area contributed by atoms with Crippen LogP contribution >= 0.6 is 11.6 Å². The number of pyridine rings is 1. The number of aromatic nitrogens is 1. The average molecular weight is 333 g/mol. The third kappa shape index (κ3) is 6.36. The lowest BCUT2D eigenvalue weighted by molar-refractivity contribution is 0.0950. The molecule has 2 aromatic rings.